The number of halogens is 1. The summed E-state index contributed by atoms with van der Waals surface area (Å²) in [7, 11) is 0. The van der Waals surface area contributed by atoms with Crippen LogP contribution in [0.2, 0.25) is 5.02 Å². The second-order valence-electron chi connectivity index (χ2n) is 6.11. The molecular weight excluding hydrogens is 258 g/mol. The Kier molecular flexibility index (Phi) is 3.53. The zero-order valence-electron chi connectivity index (χ0n) is 11.2. The minimum absolute atomic E-state index is 0.00206. The zero-order valence-corrected chi connectivity index (χ0v) is 12.0. The number of carbonyl (C=O) groups excluding carboxylic acids is 1. The fourth-order valence-corrected chi connectivity index (χ4v) is 4.12. The van der Waals surface area contributed by atoms with Crippen molar-refractivity contribution in [3.8, 4) is 0 Å². The van der Waals surface area contributed by atoms with Crippen LogP contribution >= 0.6 is 11.6 Å². The van der Waals surface area contributed by atoms with Crippen molar-refractivity contribution in [2.75, 3.05) is 0 Å². The molecule has 3 heteroatoms. The summed E-state index contributed by atoms with van der Waals surface area (Å²) < 4.78 is 0. The summed E-state index contributed by atoms with van der Waals surface area (Å²) in [6.45, 7) is 2.15. The average molecular weight is 278 g/mol. The van der Waals surface area contributed by atoms with Crippen LogP contribution < -0.4 is 5.32 Å². The molecule has 2 aliphatic carbocycles. The van der Waals surface area contributed by atoms with Crippen LogP contribution in [0.25, 0.3) is 0 Å². The first-order chi connectivity index (χ1) is 9.13. The molecule has 19 heavy (non-hydrogen) atoms. The third-order valence-corrected chi connectivity index (χ3v) is 5.12. The van der Waals surface area contributed by atoms with E-state index in [1.807, 2.05) is 12.1 Å². The number of rotatable bonds is 3. The Hall–Kier alpha value is -1.02. The average Bonchev–Trinajstić information content (AvgIpc) is 3.00. The normalized spacial score (nSPS) is 30.3. The Morgan fingerprint density at radius 1 is 1.37 bits per heavy atom. The molecule has 2 nitrogen and oxygen atoms in total. The Balaban J connectivity index is 1.63. The molecule has 0 unspecified atom stereocenters. The highest BCUT2D eigenvalue weighted by Crippen LogP contribution is 2.49. The van der Waals surface area contributed by atoms with E-state index in [0.29, 0.717) is 16.5 Å². The number of fused-ring (bicyclic) bond motifs is 2. The molecule has 3 rings (SSSR count). The Morgan fingerprint density at radius 3 is 2.84 bits per heavy atom. The molecule has 0 aromatic heterocycles. The SMILES string of the molecule is C[C@H](NC(=O)c1cccc(Cl)c1)[C@H]1C[C@H]2CC[C@H]1C2. The van der Waals surface area contributed by atoms with Crippen LogP contribution in [0, 0.1) is 17.8 Å². The molecule has 1 amide bonds. The minimum Gasteiger partial charge on any atom is -0.349 e. The third-order valence-electron chi connectivity index (χ3n) is 4.88. The zero-order chi connectivity index (χ0) is 13.4. The highest BCUT2D eigenvalue weighted by Gasteiger charge is 2.42. The van der Waals surface area contributed by atoms with Gasteiger partial charge in [-0.15, -0.1) is 0 Å². The van der Waals surface area contributed by atoms with Gasteiger partial charge in [0.15, 0.2) is 0 Å². The number of nitrogens with one attached hydrogen (secondary N) is 1. The molecule has 0 spiro atoms. The Morgan fingerprint density at radius 2 is 2.21 bits per heavy atom. The maximum Gasteiger partial charge on any atom is 0.251 e. The van der Waals surface area contributed by atoms with E-state index in [1.165, 1.54) is 25.7 Å². The van der Waals surface area contributed by atoms with Crippen molar-refractivity contribution in [2.24, 2.45) is 17.8 Å². The van der Waals surface area contributed by atoms with E-state index < -0.39 is 0 Å². The molecular formula is C16H20ClNO. The van der Waals surface area contributed by atoms with Crippen molar-refractivity contribution in [2.45, 2.75) is 38.6 Å². The summed E-state index contributed by atoms with van der Waals surface area (Å²) in [5.41, 5.74) is 0.655. The summed E-state index contributed by atoms with van der Waals surface area (Å²) in [4.78, 5) is 12.2. The molecule has 0 radical (unpaired) electrons. The molecule has 4 atom stereocenters. The number of hydrogen-bond donors (Lipinski definition) is 1. The molecule has 2 bridgehead atoms. The van der Waals surface area contributed by atoms with Crippen molar-refractivity contribution >= 4 is 17.5 Å². The lowest BCUT2D eigenvalue weighted by Crippen LogP contribution is -2.40. The number of carbonyl (C=O) groups is 1. The molecule has 102 valence electrons. The maximum atomic E-state index is 12.2. The Labute approximate surface area is 119 Å². The second-order valence-corrected chi connectivity index (χ2v) is 6.55. The number of benzene rings is 1. The van der Waals surface area contributed by atoms with Gasteiger partial charge in [0.25, 0.3) is 5.91 Å². The van der Waals surface area contributed by atoms with Crippen LogP contribution in [0.5, 0.6) is 0 Å². The largest absolute Gasteiger partial charge is 0.349 e. The van der Waals surface area contributed by atoms with Gasteiger partial charge in [-0.2, -0.15) is 0 Å². The summed E-state index contributed by atoms with van der Waals surface area (Å²) >= 11 is 5.92. The van der Waals surface area contributed by atoms with Gasteiger partial charge in [0.2, 0.25) is 0 Å². The van der Waals surface area contributed by atoms with Crippen LogP contribution in [0.3, 0.4) is 0 Å². The van der Waals surface area contributed by atoms with E-state index in [9.17, 15) is 4.79 Å². The highest BCUT2D eigenvalue weighted by atomic mass is 35.5. The quantitative estimate of drug-likeness (QED) is 0.892. The summed E-state index contributed by atoms with van der Waals surface area (Å²) in [5.74, 6) is 2.42. The lowest BCUT2D eigenvalue weighted by molar-refractivity contribution is 0.0915. The van der Waals surface area contributed by atoms with Crippen LogP contribution in [-0.4, -0.2) is 11.9 Å². The smallest absolute Gasteiger partial charge is 0.251 e. The summed E-state index contributed by atoms with van der Waals surface area (Å²) in [6.07, 6.45) is 5.42. The lowest BCUT2D eigenvalue weighted by atomic mass is 9.84. The first kappa shape index (κ1) is 13.0. The first-order valence-electron chi connectivity index (χ1n) is 7.20. The molecule has 1 N–H and O–H groups in total. The molecule has 0 heterocycles. The Bertz CT molecular complexity index is 487. The van der Waals surface area contributed by atoms with Gasteiger partial charge < -0.3 is 5.32 Å². The van der Waals surface area contributed by atoms with E-state index in [4.69, 9.17) is 11.6 Å². The highest BCUT2D eigenvalue weighted by molar-refractivity contribution is 6.30. The van der Waals surface area contributed by atoms with Crippen molar-refractivity contribution in [1.29, 1.82) is 0 Å². The van der Waals surface area contributed by atoms with Gasteiger partial charge in [0, 0.05) is 16.6 Å². The van der Waals surface area contributed by atoms with Crippen molar-refractivity contribution < 1.29 is 4.79 Å². The molecule has 1 aromatic carbocycles. The fourth-order valence-electron chi connectivity index (χ4n) is 3.93. The standard InChI is InChI=1S/C16H20ClNO/c1-10(15-8-11-5-6-12(15)7-11)18-16(19)13-3-2-4-14(17)9-13/h2-4,9-12,15H,5-8H2,1H3,(H,18,19)/t10-,11-,12-,15+/m0/s1. The first-order valence-corrected chi connectivity index (χ1v) is 7.57. The van der Waals surface area contributed by atoms with E-state index in [2.05, 4.69) is 12.2 Å². The van der Waals surface area contributed by atoms with Crippen LogP contribution in [0.4, 0.5) is 0 Å². The van der Waals surface area contributed by atoms with Gasteiger partial charge in [-0.1, -0.05) is 24.1 Å². The monoisotopic (exact) mass is 277 g/mol. The lowest BCUT2D eigenvalue weighted by Gasteiger charge is -2.28. The van der Waals surface area contributed by atoms with E-state index in [-0.39, 0.29) is 11.9 Å². The molecule has 2 saturated carbocycles. The number of hydrogen-bond acceptors (Lipinski definition) is 1. The molecule has 0 saturated heterocycles. The van der Waals surface area contributed by atoms with Crippen molar-refractivity contribution in [3.05, 3.63) is 34.9 Å². The van der Waals surface area contributed by atoms with E-state index in [1.54, 1.807) is 12.1 Å². The van der Waals surface area contributed by atoms with Crippen LogP contribution in [0.1, 0.15) is 43.0 Å². The second kappa shape index (κ2) is 5.16. The van der Waals surface area contributed by atoms with Gasteiger partial charge in [-0.3, -0.25) is 4.79 Å². The van der Waals surface area contributed by atoms with Crippen molar-refractivity contribution in [3.63, 3.8) is 0 Å². The predicted octanol–water partition coefficient (Wildman–Crippen LogP) is 3.89. The summed E-state index contributed by atoms with van der Waals surface area (Å²) in [6, 6.07) is 7.41. The number of amides is 1. The summed E-state index contributed by atoms with van der Waals surface area (Å²) in [5, 5.41) is 3.76. The van der Waals surface area contributed by atoms with Gasteiger partial charge >= 0.3 is 0 Å². The molecule has 2 fully saturated rings. The topological polar surface area (TPSA) is 29.1 Å². The van der Waals surface area contributed by atoms with Gasteiger partial charge in [0.05, 0.1) is 0 Å². The third kappa shape index (κ3) is 2.64. The maximum absolute atomic E-state index is 12.2. The van der Waals surface area contributed by atoms with Gasteiger partial charge in [-0.05, 0) is 62.1 Å². The van der Waals surface area contributed by atoms with Crippen LogP contribution in [-0.2, 0) is 0 Å². The minimum atomic E-state index is -0.00206. The molecule has 0 aliphatic heterocycles. The van der Waals surface area contributed by atoms with E-state index in [0.717, 1.165) is 11.8 Å². The van der Waals surface area contributed by atoms with Crippen LogP contribution in [0.15, 0.2) is 24.3 Å². The predicted molar refractivity (Wildman–Crippen MR) is 77.3 cm³/mol. The molecule has 2 aliphatic rings. The van der Waals surface area contributed by atoms with Crippen molar-refractivity contribution in [1.82, 2.24) is 5.32 Å². The fraction of sp³-hybridized carbons (Fsp3) is 0.562. The van der Waals surface area contributed by atoms with Gasteiger partial charge in [0.1, 0.15) is 0 Å². The van der Waals surface area contributed by atoms with E-state index >= 15 is 0 Å². The molecule has 1 aromatic rings. The van der Waals surface area contributed by atoms with Gasteiger partial charge in [-0.25, -0.2) is 0 Å².